The molecule has 0 aliphatic carbocycles. The molecule has 5 rings (SSSR count). The fourth-order valence-corrected chi connectivity index (χ4v) is 5.87. The van der Waals surface area contributed by atoms with Gasteiger partial charge in [0.05, 0.1) is 41.7 Å². The van der Waals surface area contributed by atoms with E-state index in [9.17, 15) is 9.59 Å². The Kier molecular flexibility index (Phi) is 8.42. The van der Waals surface area contributed by atoms with Crippen molar-refractivity contribution in [3.63, 3.8) is 0 Å². The molecule has 210 valence electrons. The zero-order chi connectivity index (χ0) is 29.1. The van der Waals surface area contributed by atoms with E-state index in [1.54, 1.807) is 42.9 Å². The predicted octanol–water partition coefficient (Wildman–Crippen LogP) is 5.38. The number of benzene rings is 3. The average molecular weight is 589 g/mol. The van der Waals surface area contributed by atoms with Crippen LogP contribution in [0.25, 0.3) is 11.8 Å². The third kappa shape index (κ3) is 5.85. The number of halogens is 1. The molecule has 1 aromatic heterocycles. The molecule has 0 amide bonds. The van der Waals surface area contributed by atoms with Crippen LogP contribution in [0.5, 0.6) is 11.5 Å². The maximum Gasteiger partial charge on any atom is 0.338 e. The number of esters is 1. The van der Waals surface area contributed by atoms with E-state index in [0.29, 0.717) is 42.7 Å². The van der Waals surface area contributed by atoms with Crippen LogP contribution in [0.15, 0.2) is 88.2 Å². The Bertz CT molecular complexity index is 1810. The van der Waals surface area contributed by atoms with Crippen molar-refractivity contribution in [2.24, 2.45) is 4.99 Å². The first-order valence-electron chi connectivity index (χ1n) is 13.2. The second-order valence-electron chi connectivity index (χ2n) is 9.56. The highest BCUT2D eigenvalue weighted by Crippen LogP contribution is 2.36. The van der Waals surface area contributed by atoms with Gasteiger partial charge in [0.15, 0.2) is 4.80 Å². The summed E-state index contributed by atoms with van der Waals surface area (Å²) in [5.74, 6) is 0.664. The minimum Gasteiger partial charge on any atom is -0.497 e. The molecule has 0 N–H and O–H groups in total. The van der Waals surface area contributed by atoms with Gasteiger partial charge in [-0.15, -0.1) is 0 Å². The van der Waals surface area contributed by atoms with Crippen LogP contribution in [0.2, 0.25) is 5.02 Å². The summed E-state index contributed by atoms with van der Waals surface area (Å²) in [5, 5.41) is 0.519. The number of nitrogens with zero attached hydrogens (tertiary/aromatic N) is 2. The predicted molar refractivity (Wildman–Crippen MR) is 161 cm³/mol. The van der Waals surface area contributed by atoms with Gasteiger partial charge >= 0.3 is 5.97 Å². The standard InChI is InChI=1S/C32H29ClN2O5S/c1-5-39-31(37)27-28(20-10-7-6-8-11-20)34-32-35(29(27)21-12-9-13-24(17-21)38-4)30(36)26(41-32)18-22-16-23(33)14-15-25(22)40-19(2)3/h6-19,29H,5H2,1-4H3/b26-18+/t29-/m0/s1. The van der Waals surface area contributed by atoms with E-state index >= 15 is 0 Å². The summed E-state index contributed by atoms with van der Waals surface area (Å²) in [4.78, 5) is 33.1. The van der Waals surface area contributed by atoms with Crippen LogP contribution in [0.3, 0.4) is 0 Å². The highest BCUT2D eigenvalue weighted by molar-refractivity contribution is 7.07. The number of carbonyl (C=O) groups is 1. The number of carbonyl (C=O) groups excluding carboxylic acids is 1. The number of rotatable bonds is 8. The van der Waals surface area contributed by atoms with Crippen molar-refractivity contribution in [3.05, 3.63) is 120 Å². The van der Waals surface area contributed by atoms with Crippen LogP contribution in [0.1, 0.15) is 43.5 Å². The lowest BCUT2D eigenvalue weighted by atomic mass is 9.93. The van der Waals surface area contributed by atoms with Crippen LogP contribution < -0.4 is 24.4 Å². The lowest BCUT2D eigenvalue weighted by Crippen LogP contribution is -2.40. The van der Waals surface area contributed by atoms with E-state index in [-0.39, 0.29) is 23.8 Å². The van der Waals surface area contributed by atoms with Crippen molar-refractivity contribution in [1.29, 1.82) is 0 Å². The van der Waals surface area contributed by atoms with Gasteiger partial charge in [-0.3, -0.25) is 9.36 Å². The van der Waals surface area contributed by atoms with E-state index in [0.717, 1.165) is 5.56 Å². The van der Waals surface area contributed by atoms with Gasteiger partial charge in [0.1, 0.15) is 11.5 Å². The summed E-state index contributed by atoms with van der Waals surface area (Å²) in [5.41, 5.74) is 2.53. The zero-order valence-electron chi connectivity index (χ0n) is 23.1. The van der Waals surface area contributed by atoms with E-state index in [1.165, 1.54) is 11.3 Å². The molecule has 0 fully saturated rings. The van der Waals surface area contributed by atoms with Gasteiger partial charge in [-0.1, -0.05) is 65.4 Å². The minimum absolute atomic E-state index is 0.0711. The number of aromatic nitrogens is 1. The molecule has 4 aromatic rings. The van der Waals surface area contributed by atoms with Crippen LogP contribution >= 0.6 is 22.9 Å². The molecular weight excluding hydrogens is 560 g/mol. The van der Waals surface area contributed by atoms with Gasteiger partial charge in [-0.25, -0.2) is 9.79 Å². The summed E-state index contributed by atoms with van der Waals surface area (Å²) in [6.07, 6.45) is 1.69. The minimum atomic E-state index is -0.802. The van der Waals surface area contributed by atoms with E-state index in [4.69, 9.17) is 30.8 Å². The first-order chi connectivity index (χ1) is 19.8. The molecule has 0 bridgehead atoms. The van der Waals surface area contributed by atoms with Crippen molar-refractivity contribution in [2.45, 2.75) is 32.9 Å². The van der Waals surface area contributed by atoms with Crippen molar-refractivity contribution in [3.8, 4) is 11.5 Å². The van der Waals surface area contributed by atoms with Crippen molar-refractivity contribution in [2.75, 3.05) is 13.7 Å². The van der Waals surface area contributed by atoms with Gasteiger partial charge in [-0.2, -0.15) is 0 Å². The van der Waals surface area contributed by atoms with E-state index in [2.05, 4.69) is 0 Å². The Labute approximate surface area is 246 Å². The molecule has 0 radical (unpaired) electrons. The molecule has 0 unspecified atom stereocenters. The number of fused-ring (bicyclic) bond motifs is 1. The van der Waals surface area contributed by atoms with Crippen LogP contribution in [0, 0.1) is 0 Å². The largest absolute Gasteiger partial charge is 0.497 e. The molecule has 0 saturated carbocycles. The molecule has 1 aliphatic heterocycles. The molecule has 0 saturated heterocycles. The highest BCUT2D eigenvalue weighted by atomic mass is 35.5. The second kappa shape index (κ2) is 12.2. The van der Waals surface area contributed by atoms with Crippen LogP contribution in [0.4, 0.5) is 0 Å². The second-order valence-corrected chi connectivity index (χ2v) is 11.0. The fourth-order valence-electron chi connectivity index (χ4n) is 4.70. The Balaban J connectivity index is 1.83. The first kappa shape index (κ1) is 28.4. The van der Waals surface area contributed by atoms with Crippen molar-refractivity contribution in [1.82, 2.24) is 4.57 Å². The van der Waals surface area contributed by atoms with Gasteiger partial charge in [0.2, 0.25) is 0 Å². The number of hydrogen-bond acceptors (Lipinski definition) is 7. The molecule has 2 heterocycles. The molecule has 1 aliphatic rings. The molecule has 0 spiro atoms. The molecule has 9 heteroatoms. The Morgan fingerprint density at radius 2 is 1.88 bits per heavy atom. The number of hydrogen-bond donors (Lipinski definition) is 0. The SMILES string of the molecule is CCOC(=O)C1=C(c2ccccc2)N=c2s/c(=C/c3cc(Cl)ccc3OC(C)C)c(=O)n2[C@H]1c1cccc(OC)c1. The lowest BCUT2D eigenvalue weighted by molar-refractivity contribution is -0.138. The number of ether oxygens (including phenoxy) is 3. The maximum absolute atomic E-state index is 14.1. The fraction of sp³-hybridized carbons (Fsp3) is 0.219. The van der Waals surface area contributed by atoms with Gasteiger partial charge in [0.25, 0.3) is 5.56 Å². The van der Waals surface area contributed by atoms with E-state index in [1.807, 2.05) is 68.4 Å². The summed E-state index contributed by atoms with van der Waals surface area (Å²) in [7, 11) is 1.57. The van der Waals surface area contributed by atoms with E-state index < -0.39 is 12.0 Å². The monoisotopic (exact) mass is 588 g/mol. The maximum atomic E-state index is 14.1. The van der Waals surface area contributed by atoms with Crippen molar-refractivity contribution < 1.29 is 19.0 Å². The normalized spacial score (nSPS) is 15.0. The molecule has 7 nitrogen and oxygen atoms in total. The van der Waals surface area contributed by atoms with Gasteiger partial charge < -0.3 is 14.2 Å². The third-order valence-corrected chi connectivity index (χ3v) is 7.62. The average Bonchev–Trinajstić information content (AvgIpc) is 3.28. The number of methoxy groups -OCH3 is 1. The summed E-state index contributed by atoms with van der Waals surface area (Å²) in [6, 6.07) is 21.3. The zero-order valence-corrected chi connectivity index (χ0v) is 24.7. The quantitative estimate of drug-likeness (QED) is 0.258. The first-order valence-corrected chi connectivity index (χ1v) is 14.4. The third-order valence-electron chi connectivity index (χ3n) is 6.40. The highest BCUT2D eigenvalue weighted by Gasteiger charge is 2.35. The smallest absolute Gasteiger partial charge is 0.338 e. The summed E-state index contributed by atoms with van der Waals surface area (Å²) < 4.78 is 19.0. The molecule has 41 heavy (non-hydrogen) atoms. The Morgan fingerprint density at radius 3 is 2.59 bits per heavy atom. The topological polar surface area (TPSA) is 79.1 Å². The summed E-state index contributed by atoms with van der Waals surface area (Å²) >= 11 is 7.56. The molecule has 3 aromatic carbocycles. The summed E-state index contributed by atoms with van der Waals surface area (Å²) in [6.45, 7) is 5.79. The van der Waals surface area contributed by atoms with Crippen LogP contribution in [-0.2, 0) is 9.53 Å². The molecular formula is C32H29ClN2O5S. The lowest BCUT2D eigenvalue weighted by Gasteiger charge is -2.26. The Morgan fingerprint density at radius 1 is 1.10 bits per heavy atom. The van der Waals surface area contributed by atoms with Crippen LogP contribution in [-0.4, -0.2) is 30.4 Å². The van der Waals surface area contributed by atoms with Gasteiger partial charge in [-0.05, 0) is 62.7 Å². The van der Waals surface area contributed by atoms with Gasteiger partial charge in [0, 0.05) is 16.1 Å². The number of thiazole rings is 1. The molecule has 1 atom stereocenters. The van der Waals surface area contributed by atoms with Crippen molar-refractivity contribution >= 4 is 40.7 Å². The Hall–Kier alpha value is -4.14.